The second-order valence-electron chi connectivity index (χ2n) is 7.19. The number of amides is 1. The lowest BCUT2D eigenvalue weighted by Crippen LogP contribution is -2.25. The molecule has 4 rings (SSSR count). The van der Waals surface area contributed by atoms with Gasteiger partial charge in [0.2, 0.25) is 11.8 Å². The van der Waals surface area contributed by atoms with Crippen molar-refractivity contribution >= 4 is 17.2 Å². The summed E-state index contributed by atoms with van der Waals surface area (Å²) in [7, 11) is 1.58. The summed E-state index contributed by atoms with van der Waals surface area (Å²) in [5.74, 6) is 0.475. The number of nitrogens with one attached hydrogen (secondary N) is 1. The molecular weight excluding hydrogens is 406 g/mol. The molecule has 4 aromatic rings. The van der Waals surface area contributed by atoms with Gasteiger partial charge in [-0.2, -0.15) is 0 Å². The summed E-state index contributed by atoms with van der Waals surface area (Å²) < 4.78 is 5.07. The van der Waals surface area contributed by atoms with Crippen molar-refractivity contribution in [1.82, 2.24) is 15.3 Å². The highest BCUT2D eigenvalue weighted by Gasteiger charge is 2.17. The molecule has 156 valence electrons. The molecule has 2 aromatic carbocycles. The zero-order chi connectivity index (χ0) is 21.6. The van der Waals surface area contributed by atoms with Crippen LogP contribution in [0.2, 0.25) is 0 Å². The normalized spacial score (nSPS) is 10.6. The van der Waals surface area contributed by atoms with Gasteiger partial charge < -0.3 is 10.1 Å². The number of nitrogens with zero attached hydrogens (tertiary/aromatic N) is 2. The van der Waals surface area contributed by atoms with Gasteiger partial charge in [-0.25, -0.2) is 9.97 Å². The third kappa shape index (κ3) is 5.16. The Morgan fingerprint density at radius 1 is 1.00 bits per heavy atom. The van der Waals surface area contributed by atoms with Gasteiger partial charge in [-0.15, -0.1) is 11.3 Å². The number of aromatic nitrogens is 2. The minimum absolute atomic E-state index is 0.0749. The van der Waals surface area contributed by atoms with Crippen molar-refractivity contribution < 1.29 is 9.53 Å². The maximum absolute atomic E-state index is 12.7. The van der Waals surface area contributed by atoms with Crippen molar-refractivity contribution in [3.8, 4) is 26.9 Å². The van der Waals surface area contributed by atoms with Crippen LogP contribution in [0.1, 0.15) is 16.8 Å². The summed E-state index contributed by atoms with van der Waals surface area (Å²) in [6.45, 7) is 2.47. The molecule has 0 atom stereocenters. The Bertz CT molecular complexity index is 1150. The number of ether oxygens (including phenoxy) is 1. The van der Waals surface area contributed by atoms with Crippen LogP contribution in [-0.2, 0) is 17.8 Å². The van der Waals surface area contributed by atoms with Crippen LogP contribution >= 0.6 is 11.3 Å². The number of aryl methyl sites for hydroxylation is 1. The number of carbonyl (C=O) groups is 1. The first kappa shape index (κ1) is 20.8. The smallest absolute Gasteiger partial charge is 0.226 e. The average Bonchev–Trinajstić information content (AvgIpc) is 3.23. The molecule has 0 radical (unpaired) electrons. The number of benzene rings is 2. The molecule has 0 spiro atoms. The Morgan fingerprint density at radius 2 is 1.77 bits per heavy atom. The zero-order valence-electron chi connectivity index (χ0n) is 17.5. The second-order valence-corrected chi connectivity index (χ2v) is 8.19. The van der Waals surface area contributed by atoms with E-state index < -0.39 is 0 Å². The molecule has 2 heterocycles. The molecule has 1 amide bonds. The summed E-state index contributed by atoms with van der Waals surface area (Å²) in [6, 6.07) is 22.1. The van der Waals surface area contributed by atoms with Crippen LogP contribution in [0, 0.1) is 6.92 Å². The minimum Gasteiger partial charge on any atom is -0.481 e. The second kappa shape index (κ2) is 9.53. The number of thiazole rings is 1. The lowest BCUT2D eigenvalue weighted by molar-refractivity contribution is -0.120. The average molecular weight is 430 g/mol. The van der Waals surface area contributed by atoms with Crippen LogP contribution in [0.5, 0.6) is 5.88 Å². The van der Waals surface area contributed by atoms with E-state index in [1.165, 1.54) is 5.56 Å². The van der Waals surface area contributed by atoms with Crippen LogP contribution < -0.4 is 10.1 Å². The van der Waals surface area contributed by atoms with E-state index in [-0.39, 0.29) is 12.3 Å². The van der Waals surface area contributed by atoms with Crippen molar-refractivity contribution in [2.24, 2.45) is 0 Å². The molecule has 1 N–H and O–H groups in total. The Kier molecular flexibility index (Phi) is 6.38. The van der Waals surface area contributed by atoms with Gasteiger partial charge in [0.05, 0.1) is 24.1 Å². The van der Waals surface area contributed by atoms with Crippen molar-refractivity contribution in [2.75, 3.05) is 7.11 Å². The first-order valence-corrected chi connectivity index (χ1v) is 10.8. The predicted octanol–water partition coefficient (Wildman–Crippen LogP) is 5.05. The standard InChI is InChI=1S/C25H23N3O2S/c1-17-8-11-19(12-9-17)24-21(28-25(31-24)20-6-4-3-5-7-20)14-22(29)26-15-18-10-13-23(30-2)27-16-18/h3-13,16H,14-15H2,1-2H3,(H,26,29). The van der Waals surface area contributed by atoms with E-state index in [0.29, 0.717) is 12.4 Å². The fraction of sp³-hybridized carbons (Fsp3) is 0.160. The Balaban J connectivity index is 1.54. The van der Waals surface area contributed by atoms with Crippen molar-refractivity contribution in [2.45, 2.75) is 19.9 Å². The monoisotopic (exact) mass is 429 g/mol. The molecule has 0 aliphatic carbocycles. The van der Waals surface area contributed by atoms with Crippen molar-refractivity contribution in [3.63, 3.8) is 0 Å². The maximum Gasteiger partial charge on any atom is 0.226 e. The van der Waals surface area contributed by atoms with Crippen LogP contribution in [-0.4, -0.2) is 23.0 Å². The van der Waals surface area contributed by atoms with Crippen molar-refractivity contribution in [1.29, 1.82) is 0 Å². The lowest BCUT2D eigenvalue weighted by atomic mass is 10.1. The van der Waals surface area contributed by atoms with Gasteiger partial charge in [-0.05, 0) is 18.1 Å². The van der Waals surface area contributed by atoms with Gasteiger partial charge in [-0.3, -0.25) is 4.79 Å². The molecule has 0 fully saturated rings. The molecule has 0 saturated carbocycles. The van der Waals surface area contributed by atoms with Gasteiger partial charge in [0.1, 0.15) is 5.01 Å². The number of hydrogen-bond acceptors (Lipinski definition) is 5. The topological polar surface area (TPSA) is 64.1 Å². The highest BCUT2D eigenvalue weighted by Crippen LogP contribution is 2.35. The molecule has 0 aliphatic heterocycles. The summed E-state index contributed by atoms with van der Waals surface area (Å²) in [5, 5.41) is 3.88. The van der Waals surface area contributed by atoms with E-state index in [9.17, 15) is 4.79 Å². The van der Waals surface area contributed by atoms with Gasteiger partial charge >= 0.3 is 0 Å². The zero-order valence-corrected chi connectivity index (χ0v) is 18.3. The highest BCUT2D eigenvalue weighted by atomic mass is 32.1. The molecule has 6 heteroatoms. The molecule has 0 saturated heterocycles. The predicted molar refractivity (Wildman–Crippen MR) is 124 cm³/mol. The van der Waals surface area contributed by atoms with E-state index in [1.807, 2.05) is 36.4 Å². The quantitative estimate of drug-likeness (QED) is 0.447. The third-order valence-electron chi connectivity index (χ3n) is 4.86. The van der Waals surface area contributed by atoms with Gasteiger partial charge in [0.15, 0.2) is 0 Å². The number of methoxy groups -OCH3 is 1. The molecule has 5 nitrogen and oxygen atoms in total. The molecule has 0 bridgehead atoms. The Hall–Kier alpha value is -3.51. The summed E-state index contributed by atoms with van der Waals surface area (Å²) in [5.41, 5.74) is 5.03. The van der Waals surface area contributed by atoms with Gasteiger partial charge in [-0.1, -0.05) is 66.2 Å². The van der Waals surface area contributed by atoms with Crippen LogP contribution in [0.15, 0.2) is 72.9 Å². The first-order chi connectivity index (χ1) is 15.1. The minimum atomic E-state index is -0.0749. The third-order valence-corrected chi connectivity index (χ3v) is 6.05. The van der Waals surface area contributed by atoms with E-state index in [0.717, 1.165) is 32.3 Å². The van der Waals surface area contributed by atoms with Crippen LogP contribution in [0.3, 0.4) is 0 Å². The number of rotatable bonds is 7. The van der Waals surface area contributed by atoms with E-state index >= 15 is 0 Å². The van der Waals surface area contributed by atoms with Crippen LogP contribution in [0.25, 0.3) is 21.0 Å². The summed E-state index contributed by atoms with van der Waals surface area (Å²) >= 11 is 1.62. The fourth-order valence-corrected chi connectivity index (χ4v) is 4.25. The Morgan fingerprint density at radius 3 is 2.45 bits per heavy atom. The number of hydrogen-bond donors (Lipinski definition) is 1. The van der Waals surface area contributed by atoms with E-state index in [2.05, 4.69) is 41.5 Å². The number of carbonyl (C=O) groups excluding carboxylic acids is 1. The first-order valence-electron chi connectivity index (χ1n) is 10.00. The summed E-state index contributed by atoms with van der Waals surface area (Å²) in [6.07, 6.45) is 1.92. The highest BCUT2D eigenvalue weighted by molar-refractivity contribution is 7.18. The molecule has 31 heavy (non-hydrogen) atoms. The SMILES string of the molecule is COc1ccc(CNC(=O)Cc2nc(-c3ccccc3)sc2-c2ccc(C)cc2)cn1. The van der Waals surface area contributed by atoms with E-state index in [1.54, 1.807) is 30.7 Å². The van der Waals surface area contributed by atoms with Crippen molar-refractivity contribution in [3.05, 3.63) is 89.7 Å². The van der Waals surface area contributed by atoms with E-state index in [4.69, 9.17) is 9.72 Å². The van der Waals surface area contributed by atoms with Gasteiger partial charge in [0, 0.05) is 24.4 Å². The Labute approximate surface area is 185 Å². The van der Waals surface area contributed by atoms with Gasteiger partial charge in [0.25, 0.3) is 0 Å². The molecule has 2 aromatic heterocycles. The van der Waals surface area contributed by atoms with Crippen LogP contribution in [0.4, 0.5) is 0 Å². The molecule has 0 aliphatic rings. The number of pyridine rings is 1. The largest absolute Gasteiger partial charge is 0.481 e. The molecular formula is C25H23N3O2S. The summed E-state index contributed by atoms with van der Waals surface area (Å²) in [4.78, 5) is 22.7. The molecule has 0 unspecified atom stereocenters. The maximum atomic E-state index is 12.7. The lowest BCUT2D eigenvalue weighted by Gasteiger charge is -2.06. The fourth-order valence-electron chi connectivity index (χ4n) is 3.16.